The number of amides is 4. The molecule has 0 radical (unpaired) electrons. The number of carboxylic acids is 2. The van der Waals surface area contributed by atoms with E-state index in [4.69, 9.17) is 13.8 Å². The molecule has 0 bridgehead atoms. The van der Waals surface area contributed by atoms with Crippen LogP contribution < -0.4 is 21.3 Å². The van der Waals surface area contributed by atoms with E-state index in [2.05, 4.69) is 21.3 Å². The summed E-state index contributed by atoms with van der Waals surface area (Å²) in [7, 11) is -3.74. The third-order valence-electron chi connectivity index (χ3n) is 6.97. The number of benzene rings is 2. The molecule has 4 amide bonds. The number of alkyl carbamates (subject to hydrolysis) is 1. The number of hydrogen-bond donors (Lipinski definition) is 6. The fourth-order valence-corrected chi connectivity index (χ4v) is 5.96. The molecule has 4 atom stereocenters. The van der Waals surface area contributed by atoms with E-state index in [0.29, 0.717) is 5.56 Å². The van der Waals surface area contributed by atoms with Gasteiger partial charge >= 0.3 is 25.6 Å². The van der Waals surface area contributed by atoms with Gasteiger partial charge < -0.3 is 45.3 Å². The van der Waals surface area contributed by atoms with E-state index in [0.717, 1.165) is 5.82 Å². The van der Waals surface area contributed by atoms with Crippen molar-refractivity contribution in [1.82, 2.24) is 21.3 Å². The molecule has 0 aromatic heterocycles. The van der Waals surface area contributed by atoms with E-state index >= 15 is 0 Å². The number of carboxylic acid groups (broad SMARTS) is 2. The maximum absolute atomic E-state index is 13.8. The first-order valence-corrected chi connectivity index (χ1v) is 17.7. The summed E-state index contributed by atoms with van der Waals surface area (Å²) in [6, 6.07) is 11.0. The number of carbonyl (C=O) groups excluding carboxylic acids is 4. The number of hydrogen-bond acceptors (Lipinski definition) is 10. The molecule has 51 heavy (non-hydrogen) atoms. The van der Waals surface area contributed by atoms with Gasteiger partial charge in [0.1, 0.15) is 24.7 Å². The Morgan fingerprint density at radius 3 is 1.84 bits per heavy atom. The van der Waals surface area contributed by atoms with Crippen LogP contribution in [0.3, 0.4) is 0 Å². The van der Waals surface area contributed by atoms with E-state index in [1.54, 1.807) is 76.2 Å². The first-order chi connectivity index (χ1) is 24.2. The molecule has 6 N–H and O–H groups in total. The Labute approximate surface area is 295 Å². The van der Waals surface area contributed by atoms with Crippen molar-refractivity contribution in [2.24, 2.45) is 5.92 Å². The maximum atomic E-state index is 13.8. The minimum atomic E-state index is -3.74. The van der Waals surface area contributed by atoms with E-state index in [-0.39, 0.29) is 25.4 Å². The van der Waals surface area contributed by atoms with Crippen molar-refractivity contribution in [1.29, 1.82) is 0 Å². The zero-order chi connectivity index (χ0) is 38.0. The lowest BCUT2D eigenvalue weighted by molar-refractivity contribution is -0.140. The highest BCUT2D eigenvalue weighted by Crippen LogP contribution is 2.49. The highest BCUT2D eigenvalue weighted by Gasteiger charge is 2.33. The lowest BCUT2D eigenvalue weighted by atomic mass is 10.00. The quantitative estimate of drug-likeness (QED) is 0.101. The molecule has 278 valence electrons. The molecule has 0 spiro atoms. The number of aliphatic carboxylic acids is 2. The van der Waals surface area contributed by atoms with E-state index < -0.39 is 86.3 Å². The standard InChI is InChI=1S/C34H45N4O12P/c1-5-49-51(47,50-6-2)18-17-25(19-27(39)40)35-32(44)29(22(3)4)37-33(45)30(24-15-11-8-12-16-24)38-31(43)26(20-28(41)42)36-34(46)48-21-23-13-9-7-10-14-23/h7-18,22,25-26,29-30H,5-6,19-21H2,1-4H3,(H,35,44)(H,36,46)(H,37,45)(H,38,43)(H,39,40)(H,41,42)/b18-17+/t25-,26+,29+,30+/m1/s1. The topological polar surface area (TPSA) is 236 Å². The molecule has 0 saturated heterocycles. The monoisotopic (exact) mass is 732 g/mol. The van der Waals surface area contributed by atoms with Crippen LogP contribution in [0.15, 0.2) is 72.6 Å². The lowest BCUT2D eigenvalue weighted by Gasteiger charge is -2.27. The molecule has 17 heteroatoms. The van der Waals surface area contributed by atoms with Gasteiger partial charge in [0.2, 0.25) is 17.7 Å². The highest BCUT2D eigenvalue weighted by molar-refractivity contribution is 7.57. The molecule has 2 aromatic rings. The summed E-state index contributed by atoms with van der Waals surface area (Å²) in [6.45, 7) is 6.38. The molecule has 0 aliphatic rings. The summed E-state index contributed by atoms with van der Waals surface area (Å²) >= 11 is 0. The summed E-state index contributed by atoms with van der Waals surface area (Å²) in [5, 5.41) is 28.7. The van der Waals surface area contributed by atoms with Gasteiger partial charge in [-0.2, -0.15) is 0 Å². The molecule has 0 unspecified atom stereocenters. The molecular formula is C34H45N4O12P. The van der Waals surface area contributed by atoms with Crippen LogP contribution in [0.1, 0.15) is 57.7 Å². The first-order valence-electron chi connectivity index (χ1n) is 16.1. The summed E-state index contributed by atoms with van der Waals surface area (Å²) in [4.78, 5) is 76.4. The van der Waals surface area contributed by atoms with Gasteiger partial charge in [0.05, 0.1) is 32.1 Å². The molecule has 2 rings (SSSR count). The van der Waals surface area contributed by atoms with Gasteiger partial charge in [-0.05, 0) is 30.9 Å². The normalized spacial score (nSPS) is 13.7. The largest absolute Gasteiger partial charge is 0.481 e. The summed E-state index contributed by atoms with van der Waals surface area (Å²) in [5.41, 5.74) is 0.916. The Morgan fingerprint density at radius 2 is 1.31 bits per heavy atom. The zero-order valence-corrected chi connectivity index (χ0v) is 29.7. The Hall–Kier alpha value is -5.05. The summed E-state index contributed by atoms with van der Waals surface area (Å²) < 4.78 is 28.4. The first kappa shape index (κ1) is 42.1. The highest BCUT2D eigenvalue weighted by atomic mass is 31.2. The second kappa shape index (κ2) is 21.2. The fourth-order valence-electron chi connectivity index (χ4n) is 4.57. The van der Waals surface area contributed by atoms with Gasteiger partial charge in [0, 0.05) is 5.82 Å². The summed E-state index contributed by atoms with van der Waals surface area (Å²) in [5.74, 6) is -4.87. The van der Waals surface area contributed by atoms with E-state index in [1.165, 1.54) is 18.2 Å². The summed E-state index contributed by atoms with van der Waals surface area (Å²) in [6.07, 6.45) is -1.33. The molecule has 0 fully saturated rings. The van der Waals surface area contributed by atoms with Gasteiger partial charge in [-0.15, -0.1) is 0 Å². The van der Waals surface area contributed by atoms with Crippen molar-refractivity contribution < 1.29 is 57.3 Å². The third kappa shape index (κ3) is 15.2. The van der Waals surface area contributed by atoms with Crippen LogP contribution >= 0.6 is 7.60 Å². The molecule has 2 aromatic carbocycles. The predicted octanol–water partition coefficient (Wildman–Crippen LogP) is 3.49. The lowest BCUT2D eigenvalue weighted by Crippen LogP contribution is -2.56. The smallest absolute Gasteiger partial charge is 0.408 e. The van der Waals surface area contributed by atoms with Crippen LogP contribution in [0, 0.1) is 5.92 Å². The Bertz CT molecular complexity index is 1540. The van der Waals surface area contributed by atoms with E-state index in [9.17, 15) is 43.5 Å². The van der Waals surface area contributed by atoms with Crippen LogP contribution in [0.25, 0.3) is 0 Å². The van der Waals surface area contributed by atoms with Gasteiger partial charge in [-0.3, -0.25) is 28.5 Å². The van der Waals surface area contributed by atoms with Crippen molar-refractivity contribution in [3.05, 3.63) is 83.7 Å². The average molecular weight is 733 g/mol. The average Bonchev–Trinajstić information content (AvgIpc) is 3.07. The van der Waals surface area contributed by atoms with Crippen LogP contribution in [-0.4, -0.2) is 77.3 Å². The second-order valence-corrected chi connectivity index (χ2v) is 13.3. The van der Waals surface area contributed by atoms with Crippen molar-refractivity contribution in [3.63, 3.8) is 0 Å². The second-order valence-electron chi connectivity index (χ2n) is 11.4. The minimum Gasteiger partial charge on any atom is -0.481 e. The van der Waals surface area contributed by atoms with Crippen LogP contribution in [0.2, 0.25) is 0 Å². The molecule has 0 aliphatic carbocycles. The van der Waals surface area contributed by atoms with Crippen molar-refractivity contribution in [3.8, 4) is 0 Å². The third-order valence-corrected chi connectivity index (χ3v) is 8.74. The number of carbonyl (C=O) groups is 6. The predicted molar refractivity (Wildman–Crippen MR) is 184 cm³/mol. The maximum Gasteiger partial charge on any atom is 0.408 e. The van der Waals surface area contributed by atoms with Crippen molar-refractivity contribution in [2.75, 3.05) is 13.2 Å². The zero-order valence-electron chi connectivity index (χ0n) is 28.8. The van der Waals surface area contributed by atoms with Gasteiger partial charge in [-0.1, -0.05) is 80.6 Å². The van der Waals surface area contributed by atoms with Crippen LogP contribution in [0.4, 0.5) is 4.79 Å². The SMILES string of the molecule is CCOP(=O)(/C=C/[C@H](CC(=O)O)NC(=O)[C@@H](NC(=O)[C@@H](NC(=O)[C@H](CC(=O)O)NC(=O)OCc1ccccc1)c1ccccc1)C(C)C)OCC. The van der Waals surface area contributed by atoms with Gasteiger partial charge in [-0.25, -0.2) is 4.79 Å². The van der Waals surface area contributed by atoms with E-state index in [1.807, 2.05) is 0 Å². The fraction of sp³-hybridized carbons (Fsp3) is 0.412. The van der Waals surface area contributed by atoms with Gasteiger partial charge in [0.25, 0.3) is 0 Å². The van der Waals surface area contributed by atoms with Gasteiger partial charge in [0.15, 0.2) is 0 Å². The number of rotatable bonds is 21. The molecule has 0 saturated carbocycles. The Kier molecular flexibility index (Phi) is 17.5. The molecule has 0 aliphatic heterocycles. The molecule has 16 nitrogen and oxygen atoms in total. The van der Waals surface area contributed by atoms with Crippen molar-refractivity contribution >= 4 is 43.3 Å². The molecule has 0 heterocycles. The van der Waals surface area contributed by atoms with Crippen LogP contribution in [-0.2, 0) is 48.9 Å². The number of nitrogens with one attached hydrogen (secondary N) is 4. The Morgan fingerprint density at radius 1 is 0.745 bits per heavy atom. The molecular weight excluding hydrogens is 687 g/mol. The van der Waals surface area contributed by atoms with Crippen LogP contribution in [0.5, 0.6) is 0 Å². The number of ether oxygens (including phenoxy) is 1. The Balaban J connectivity index is 2.29. The van der Waals surface area contributed by atoms with Crippen molar-refractivity contribution in [2.45, 2.75) is 71.3 Å². The minimum absolute atomic E-state index is 0.0452.